The van der Waals surface area contributed by atoms with E-state index in [9.17, 15) is 9.59 Å². The van der Waals surface area contributed by atoms with Crippen molar-refractivity contribution >= 4 is 23.3 Å². The van der Waals surface area contributed by atoms with E-state index in [0.717, 1.165) is 18.5 Å². The van der Waals surface area contributed by atoms with Gasteiger partial charge in [0.1, 0.15) is 6.04 Å². The highest BCUT2D eigenvalue weighted by atomic mass is 32.1. The first-order valence-electron chi connectivity index (χ1n) is 7.09. The van der Waals surface area contributed by atoms with Gasteiger partial charge in [-0.2, -0.15) is 0 Å². The lowest BCUT2D eigenvalue weighted by Gasteiger charge is -2.33. The van der Waals surface area contributed by atoms with Crippen molar-refractivity contribution in [2.24, 2.45) is 5.73 Å². The Morgan fingerprint density at radius 3 is 2.73 bits per heavy atom. The molecule has 1 atom stereocenters. The molecule has 3 rings (SSSR count). The Balaban J connectivity index is 1.89. The molecule has 0 radical (unpaired) electrons. The molecule has 5 nitrogen and oxygen atoms in total. The number of carbonyl (C=O) groups excluding carboxylic acids is 2. The lowest BCUT2D eigenvalue weighted by atomic mass is 10.0. The molecule has 1 aliphatic rings. The number of rotatable bonds is 3. The third kappa shape index (κ3) is 3.03. The van der Waals surface area contributed by atoms with Crippen LogP contribution < -0.4 is 11.1 Å². The van der Waals surface area contributed by atoms with E-state index in [2.05, 4.69) is 21.7 Å². The Morgan fingerprint density at radius 1 is 1.23 bits per heavy atom. The van der Waals surface area contributed by atoms with Gasteiger partial charge in [-0.05, 0) is 29.0 Å². The number of primary amides is 1. The molecule has 1 aliphatic heterocycles. The van der Waals surface area contributed by atoms with Crippen LogP contribution in [0.4, 0.5) is 4.79 Å². The summed E-state index contributed by atoms with van der Waals surface area (Å²) in [5.74, 6) is -0.377. The zero-order valence-electron chi connectivity index (χ0n) is 12.0. The normalized spacial score (nSPS) is 15.8. The predicted molar refractivity (Wildman–Crippen MR) is 85.3 cm³/mol. The Bertz CT molecular complexity index is 684. The van der Waals surface area contributed by atoms with E-state index in [0.29, 0.717) is 6.54 Å². The van der Waals surface area contributed by atoms with Gasteiger partial charge in [0.05, 0.1) is 0 Å². The smallest absolute Gasteiger partial charge is 0.318 e. The number of nitrogens with one attached hydrogen (secondary N) is 1. The number of fused-ring (bicyclic) bond motifs is 1. The minimum Gasteiger partial charge on any atom is -0.351 e. The van der Waals surface area contributed by atoms with Crippen molar-refractivity contribution in [3.63, 3.8) is 0 Å². The van der Waals surface area contributed by atoms with E-state index in [4.69, 9.17) is 5.73 Å². The summed E-state index contributed by atoms with van der Waals surface area (Å²) in [6, 6.07) is 10.2. The Kier molecular flexibility index (Phi) is 4.22. The molecule has 1 aromatic heterocycles. The van der Waals surface area contributed by atoms with E-state index < -0.39 is 12.1 Å². The first-order chi connectivity index (χ1) is 10.6. The van der Waals surface area contributed by atoms with Gasteiger partial charge in [0.25, 0.3) is 0 Å². The molecule has 0 bridgehead atoms. The predicted octanol–water partition coefficient (Wildman–Crippen LogP) is 2.04. The monoisotopic (exact) mass is 315 g/mol. The van der Waals surface area contributed by atoms with E-state index in [1.165, 1.54) is 10.4 Å². The second-order valence-electron chi connectivity index (χ2n) is 5.26. The van der Waals surface area contributed by atoms with Crippen LogP contribution in [0.1, 0.15) is 22.0 Å². The third-order valence-corrected chi connectivity index (χ3v) is 4.84. The minimum atomic E-state index is -0.820. The van der Waals surface area contributed by atoms with Gasteiger partial charge in [-0.1, -0.05) is 30.3 Å². The van der Waals surface area contributed by atoms with Gasteiger partial charge in [-0.25, -0.2) is 4.79 Å². The zero-order chi connectivity index (χ0) is 15.5. The average molecular weight is 315 g/mol. The largest absolute Gasteiger partial charge is 0.351 e. The molecule has 0 aliphatic carbocycles. The van der Waals surface area contributed by atoms with Crippen molar-refractivity contribution in [1.29, 1.82) is 0 Å². The Hall–Kier alpha value is -2.18. The number of amides is 3. The molecule has 1 aromatic carbocycles. The Labute approximate surface area is 132 Å². The fourth-order valence-electron chi connectivity index (χ4n) is 2.84. The number of nitrogens with two attached hydrogens (primary N) is 1. The highest BCUT2D eigenvalue weighted by molar-refractivity contribution is 7.10. The average Bonchev–Trinajstić information content (AvgIpc) is 2.95. The standard InChI is InChI=1S/C16H17N3O2S/c17-16(21)18-15(20)14(11-4-2-1-3-5-11)19-8-6-13-12(10-19)7-9-22-13/h1-5,7,9,14H,6,8,10H2,(H3,17,18,20,21). The van der Waals surface area contributed by atoms with Gasteiger partial charge in [0.15, 0.2) is 0 Å². The van der Waals surface area contributed by atoms with Crippen LogP contribution in [0, 0.1) is 0 Å². The fraction of sp³-hybridized carbons (Fsp3) is 0.250. The molecule has 114 valence electrons. The van der Waals surface area contributed by atoms with Crippen molar-refractivity contribution in [1.82, 2.24) is 10.2 Å². The zero-order valence-corrected chi connectivity index (χ0v) is 12.8. The van der Waals surface area contributed by atoms with E-state index in [1.807, 2.05) is 30.3 Å². The van der Waals surface area contributed by atoms with Crippen LogP contribution in [0.2, 0.25) is 0 Å². The first-order valence-corrected chi connectivity index (χ1v) is 7.97. The lowest BCUT2D eigenvalue weighted by Crippen LogP contribution is -2.45. The quantitative estimate of drug-likeness (QED) is 0.910. The SMILES string of the molecule is NC(=O)NC(=O)C(c1ccccc1)N1CCc2sccc2C1. The number of urea groups is 1. The molecule has 0 saturated carbocycles. The minimum absolute atomic E-state index is 0.377. The second-order valence-corrected chi connectivity index (χ2v) is 6.26. The van der Waals surface area contributed by atoms with E-state index >= 15 is 0 Å². The highest BCUT2D eigenvalue weighted by Gasteiger charge is 2.31. The van der Waals surface area contributed by atoms with Crippen molar-refractivity contribution in [2.75, 3.05) is 6.54 Å². The molecule has 6 heteroatoms. The van der Waals surface area contributed by atoms with Gasteiger partial charge in [0, 0.05) is 18.0 Å². The van der Waals surface area contributed by atoms with Crippen molar-refractivity contribution in [3.05, 3.63) is 57.8 Å². The van der Waals surface area contributed by atoms with Gasteiger partial charge < -0.3 is 5.73 Å². The molecular weight excluding hydrogens is 298 g/mol. The van der Waals surface area contributed by atoms with E-state index in [-0.39, 0.29) is 5.91 Å². The van der Waals surface area contributed by atoms with Crippen molar-refractivity contribution in [2.45, 2.75) is 19.0 Å². The van der Waals surface area contributed by atoms with Gasteiger partial charge in [-0.3, -0.25) is 15.0 Å². The maximum Gasteiger partial charge on any atom is 0.318 e. The summed E-state index contributed by atoms with van der Waals surface area (Å²) in [5.41, 5.74) is 7.23. The molecule has 2 heterocycles. The van der Waals surface area contributed by atoms with E-state index in [1.54, 1.807) is 11.3 Å². The van der Waals surface area contributed by atoms with Crippen molar-refractivity contribution < 1.29 is 9.59 Å². The molecule has 3 N–H and O–H groups in total. The lowest BCUT2D eigenvalue weighted by molar-refractivity contribution is -0.125. The molecular formula is C16H17N3O2S. The van der Waals surface area contributed by atoms with Crippen LogP contribution in [-0.2, 0) is 17.8 Å². The summed E-state index contributed by atoms with van der Waals surface area (Å²) in [6.45, 7) is 1.48. The summed E-state index contributed by atoms with van der Waals surface area (Å²) in [6.07, 6.45) is 0.917. The number of hydrogen-bond donors (Lipinski definition) is 2. The topological polar surface area (TPSA) is 75.4 Å². The highest BCUT2D eigenvalue weighted by Crippen LogP contribution is 2.30. The molecule has 0 spiro atoms. The fourth-order valence-corrected chi connectivity index (χ4v) is 3.73. The molecule has 22 heavy (non-hydrogen) atoms. The molecule has 0 fully saturated rings. The maximum atomic E-state index is 12.5. The Morgan fingerprint density at radius 2 is 2.00 bits per heavy atom. The van der Waals surface area contributed by atoms with Crippen LogP contribution in [0.15, 0.2) is 41.8 Å². The maximum absolute atomic E-state index is 12.5. The summed E-state index contributed by atoms with van der Waals surface area (Å²) in [4.78, 5) is 27.0. The van der Waals surface area contributed by atoms with Gasteiger partial charge >= 0.3 is 6.03 Å². The summed E-state index contributed by atoms with van der Waals surface area (Å²) in [5, 5.41) is 4.30. The van der Waals surface area contributed by atoms with Crippen LogP contribution in [0.3, 0.4) is 0 Å². The third-order valence-electron chi connectivity index (χ3n) is 3.81. The molecule has 0 saturated heterocycles. The number of hydrogen-bond acceptors (Lipinski definition) is 4. The number of benzene rings is 1. The number of carbonyl (C=O) groups is 2. The van der Waals surface area contributed by atoms with Gasteiger partial charge in [-0.15, -0.1) is 11.3 Å². The van der Waals surface area contributed by atoms with Crippen LogP contribution in [0.25, 0.3) is 0 Å². The number of imide groups is 1. The second kappa shape index (κ2) is 6.29. The summed E-state index contributed by atoms with van der Waals surface area (Å²) >= 11 is 1.75. The van der Waals surface area contributed by atoms with Crippen molar-refractivity contribution in [3.8, 4) is 0 Å². The van der Waals surface area contributed by atoms with Crippen LogP contribution >= 0.6 is 11.3 Å². The summed E-state index contributed by atoms with van der Waals surface area (Å²) < 4.78 is 0. The van der Waals surface area contributed by atoms with Crippen LogP contribution in [0.5, 0.6) is 0 Å². The number of nitrogens with zero attached hydrogens (tertiary/aromatic N) is 1. The summed E-state index contributed by atoms with van der Waals surface area (Å²) in [7, 11) is 0. The molecule has 3 amide bonds. The molecule has 1 unspecified atom stereocenters. The first kappa shape index (κ1) is 14.7. The van der Waals surface area contributed by atoms with Crippen LogP contribution in [-0.4, -0.2) is 23.4 Å². The molecule has 2 aromatic rings. The number of thiophene rings is 1. The van der Waals surface area contributed by atoms with Gasteiger partial charge in [0.2, 0.25) is 5.91 Å².